The zero-order chi connectivity index (χ0) is 14.1. The predicted octanol–water partition coefficient (Wildman–Crippen LogP) is 5.20. The quantitative estimate of drug-likeness (QED) is 0.498. The molecule has 1 rings (SSSR count). The molecule has 0 bridgehead atoms. The Hall–Kier alpha value is -0.150. The minimum absolute atomic E-state index is 0.445. The maximum atomic E-state index is 6.02. The summed E-state index contributed by atoms with van der Waals surface area (Å²) in [6.07, 6.45) is 4.48. The lowest BCUT2D eigenvalue weighted by Gasteiger charge is -2.09. The number of rotatable bonds is 9. The van der Waals surface area contributed by atoms with E-state index in [4.69, 9.17) is 39.5 Å². The number of hydrogen-bond acceptors (Lipinski definition) is 2. The lowest BCUT2D eigenvalue weighted by molar-refractivity contribution is 0.305. The SMILES string of the molecule is CCCNCCCCCOc1cc(Cl)c(Cl)cc1Cl. The van der Waals surface area contributed by atoms with E-state index in [9.17, 15) is 0 Å². The molecule has 0 aliphatic rings. The van der Waals surface area contributed by atoms with Crippen LogP contribution in [0.4, 0.5) is 0 Å². The second-order valence-electron chi connectivity index (χ2n) is 4.36. The molecule has 2 nitrogen and oxygen atoms in total. The summed E-state index contributed by atoms with van der Waals surface area (Å²) in [5, 5.41) is 4.78. The molecule has 0 aliphatic heterocycles. The summed E-state index contributed by atoms with van der Waals surface area (Å²) in [6, 6.07) is 3.27. The van der Waals surface area contributed by atoms with Crippen molar-refractivity contribution in [3.05, 3.63) is 27.2 Å². The van der Waals surface area contributed by atoms with Crippen molar-refractivity contribution in [1.82, 2.24) is 5.32 Å². The first-order valence-electron chi connectivity index (χ1n) is 6.63. The van der Waals surface area contributed by atoms with E-state index < -0.39 is 0 Å². The smallest absolute Gasteiger partial charge is 0.139 e. The molecule has 108 valence electrons. The second-order valence-corrected chi connectivity index (χ2v) is 5.58. The Morgan fingerprint density at radius 1 is 0.947 bits per heavy atom. The fraction of sp³-hybridized carbons (Fsp3) is 0.571. The van der Waals surface area contributed by atoms with Gasteiger partial charge in [0.15, 0.2) is 0 Å². The number of benzene rings is 1. The van der Waals surface area contributed by atoms with Crippen LogP contribution in [0.3, 0.4) is 0 Å². The Morgan fingerprint density at radius 2 is 1.68 bits per heavy atom. The molecular weight excluding hydrogens is 305 g/mol. The van der Waals surface area contributed by atoms with Gasteiger partial charge in [-0.3, -0.25) is 0 Å². The van der Waals surface area contributed by atoms with E-state index in [1.807, 2.05) is 0 Å². The molecule has 0 atom stereocenters. The average Bonchev–Trinajstić information content (AvgIpc) is 2.38. The van der Waals surface area contributed by atoms with Crippen molar-refractivity contribution in [2.75, 3.05) is 19.7 Å². The molecule has 0 amide bonds. The van der Waals surface area contributed by atoms with Crippen LogP contribution in [0, 0.1) is 0 Å². The predicted molar refractivity (Wildman–Crippen MR) is 84.0 cm³/mol. The molecule has 0 saturated carbocycles. The third kappa shape index (κ3) is 6.71. The highest BCUT2D eigenvalue weighted by Gasteiger charge is 2.06. The van der Waals surface area contributed by atoms with Gasteiger partial charge in [0.05, 0.1) is 21.7 Å². The number of nitrogens with one attached hydrogen (secondary N) is 1. The molecule has 0 radical (unpaired) electrons. The summed E-state index contributed by atoms with van der Waals surface area (Å²) < 4.78 is 5.60. The van der Waals surface area contributed by atoms with Crippen LogP contribution in [0.5, 0.6) is 5.75 Å². The number of ether oxygens (including phenoxy) is 1. The Balaban J connectivity index is 2.17. The summed E-state index contributed by atoms with van der Waals surface area (Å²) in [5.74, 6) is 0.597. The van der Waals surface area contributed by atoms with E-state index >= 15 is 0 Å². The Kier molecular flexibility index (Phi) is 8.64. The molecule has 1 N–H and O–H groups in total. The first-order valence-corrected chi connectivity index (χ1v) is 7.76. The zero-order valence-electron chi connectivity index (χ0n) is 11.1. The summed E-state index contributed by atoms with van der Waals surface area (Å²) in [6.45, 7) is 4.98. The van der Waals surface area contributed by atoms with E-state index in [1.165, 1.54) is 12.8 Å². The lowest BCUT2D eigenvalue weighted by Crippen LogP contribution is -2.15. The van der Waals surface area contributed by atoms with E-state index in [0.29, 0.717) is 27.4 Å². The van der Waals surface area contributed by atoms with Crippen molar-refractivity contribution in [3.8, 4) is 5.75 Å². The van der Waals surface area contributed by atoms with Gasteiger partial charge in [0.25, 0.3) is 0 Å². The molecule has 0 fully saturated rings. The lowest BCUT2D eigenvalue weighted by atomic mass is 10.2. The highest BCUT2D eigenvalue weighted by Crippen LogP contribution is 2.33. The Labute approximate surface area is 130 Å². The van der Waals surface area contributed by atoms with Gasteiger partial charge in [-0.05, 0) is 44.8 Å². The molecule has 0 aliphatic carbocycles. The van der Waals surface area contributed by atoms with Crippen molar-refractivity contribution in [3.63, 3.8) is 0 Å². The first kappa shape index (κ1) is 16.9. The largest absolute Gasteiger partial charge is 0.492 e. The second kappa shape index (κ2) is 9.71. The molecule has 0 aromatic heterocycles. The minimum atomic E-state index is 0.445. The molecule has 1 aromatic rings. The van der Waals surface area contributed by atoms with E-state index in [-0.39, 0.29) is 0 Å². The molecular formula is C14H20Cl3NO. The van der Waals surface area contributed by atoms with Crippen molar-refractivity contribution in [2.45, 2.75) is 32.6 Å². The van der Waals surface area contributed by atoms with E-state index in [1.54, 1.807) is 12.1 Å². The summed E-state index contributed by atoms with van der Waals surface area (Å²) in [4.78, 5) is 0. The van der Waals surface area contributed by atoms with Gasteiger partial charge < -0.3 is 10.1 Å². The third-order valence-corrected chi connectivity index (χ3v) is 3.67. The number of halogens is 3. The van der Waals surface area contributed by atoms with Gasteiger partial charge in [0.1, 0.15) is 5.75 Å². The van der Waals surface area contributed by atoms with Crippen molar-refractivity contribution in [1.29, 1.82) is 0 Å². The maximum absolute atomic E-state index is 6.02. The summed E-state index contributed by atoms with van der Waals surface area (Å²) in [7, 11) is 0. The normalized spacial score (nSPS) is 10.7. The van der Waals surface area contributed by atoms with Gasteiger partial charge in [0, 0.05) is 6.07 Å². The monoisotopic (exact) mass is 323 g/mol. The van der Waals surface area contributed by atoms with Gasteiger partial charge in [-0.15, -0.1) is 0 Å². The molecule has 0 spiro atoms. The topological polar surface area (TPSA) is 21.3 Å². The van der Waals surface area contributed by atoms with Gasteiger partial charge >= 0.3 is 0 Å². The van der Waals surface area contributed by atoms with Gasteiger partial charge in [-0.2, -0.15) is 0 Å². The third-order valence-electron chi connectivity index (χ3n) is 2.66. The van der Waals surface area contributed by atoms with Crippen LogP contribution in [0.15, 0.2) is 12.1 Å². The number of unbranched alkanes of at least 4 members (excludes halogenated alkanes) is 2. The molecule has 19 heavy (non-hydrogen) atoms. The van der Waals surface area contributed by atoms with E-state index in [2.05, 4.69) is 12.2 Å². The van der Waals surface area contributed by atoms with Crippen molar-refractivity contribution < 1.29 is 4.74 Å². The fourth-order valence-electron chi connectivity index (χ4n) is 1.63. The van der Waals surface area contributed by atoms with Crippen LogP contribution < -0.4 is 10.1 Å². The van der Waals surface area contributed by atoms with Crippen LogP contribution in [0.2, 0.25) is 15.1 Å². The number of hydrogen-bond donors (Lipinski definition) is 1. The van der Waals surface area contributed by atoms with Crippen molar-refractivity contribution >= 4 is 34.8 Å². The highest BCUT2D eigenvalue weighted by atomic mass is 35.5. The average molecular weight is 325 g/mol. The van der Waals surface area contributed by atoms with Crippen LogP contribution in [0.25, 0.3) is 0 Å². The van der Waals surface area contributed by atoms with Crippen LogP contribution in [0.1, 0.15) is 32.6 Å². The fourth-order valence-corrected chi connectivity index (χ4v) is 2.22. The highest BCUT2D eigenvalue weighted by molar-refractivity contribution is 6.43. The maximum Gasteiger partial charge on any atom is 0.139 e. The molecule has 0 saturated heterocycles. The van der Waals surface area contributed by atoms with Gasteiger partial charge in [-0.1, -0.05) is 41.7 Å². The molecule has 0 unspecified atom stereocenters. The molecule has 5 heteroatoms. The van der Waals surface area contributed by atoms with E-state index in [0.717, 1.165) is 25.9 Å². The molecule has 1 aromatic carbocycles. The van der Waals surface area contributed by atoms with Gasteiger partial charge in [-0.25, -0.2) is 0 Å². The summed E-state index contributed by atoms with van der Waals surface area (Å²) >= 11 is 17.8. The Morgan fingerprint density at radius 3 is 2.42 bits per heavy atom. The zero-order valence-corrected chi connectivity index (χ0v) is 13.4. The first-order chi connectivity index (χ1) is 9.15. The minimum Gasteiger partial charge on any atom is -0.492 e. The standard InChI is InChI=1S/C14H20Cl3NO/c1-2-6-18-7-4-3-5-8-19-14-10-12(16)11(15)9-13(14)17/h9-10,18H,2-8H2,1H3. The van der Waals surface area contributed by atoms with Gasteiger partial charge in [0.2, 0.25) is 0 Å². The van der Waals surface area contributed by atoms with Crippen LogP contribution in [-0.2, 0) is 0 Å². The van der Waals surface area contributed by atoms with Crippen LogP contribution in [-0.4, -0.2) is 19.7 Å². The van der Waals surface area contributed by atoms with Crippen LogP contribution >= 0.6 is 34.8 Å². The summed E-state index contributed by atoms with van der Waals surface area (Å²) in [5.41, 5.74) is 0. The Bertz CT molecular complexity index is 385. The molecule has 0 heterocycles. The van der Waals surface area contributed by atoms with Crippen molar-refractivity contribution in [2.24, 2.45) is 0 Å².